The van der Waals surface area contributed by atoms with Gasteiger partial charge in [0.2, 0.25) is 0 Å². The highest BCUT2D eigenvalue weighted by Crippen LogP contribution is 2.14. The number of hydrogen-bond acceptors (Lipinski definition) is 2. The molecular weight excluding hydrogens is 148 g/mol. The molecular formula is C10H12N2. The average molecular weight is 160 g/mol. The molecule has 1 atom stereocenters. The van der Waals surface area contributed by atoms with Gasteiger partial charge in [-0.05, 0) is 17.5 Å². The van der Waals surface area contributed by atoms with Crippen molar-refractivity contribution in [2.24, 2.45) is 0 Å². The predicted octanol–water partition coefficient (Wildman–Crippen LogP) is 1.35. The van der Waals surface area contributed by atoms with Gasteiger partial charge < -0.3 is 10.7 Å². The van der Waals surface area contributed by atoms with Crippen molar-refractivity contribution in [1.29, 1.82) is 5.41 Å². The minimum absolute atomic E-state index is 0.236. The summed E-state index contributed by atoms with van der Waals surface area (Å²) in [6.07, 6.45) is 2.44. The van der Waals surface area contributed by atoms with Crippen molar-refractivity contribution in [3.63, 3.8) is 0 Å². The first-order chi connectivity index (χ1) is 5.90. The highest BCUT2D eigenvalue weighted by molar-refractivity contribution is 5.62. The van der Waals surface area contributed by atoms with Crippen LogP contribution in [0.4, 0.5) is 0 Å². The Balaban J connectivity index is 2.28. The Hall–Kier alpha value is -1.15. The molecule has 1 heterocycles. The van der Waals surface area contributed by atoms with Crippen LogP contribution in [0.1, 0.15) is 11.1 Å². The van der Waals surface area contributed by atoms with Crippen molar-refractivity contribution in [3.05, 3.63) is 35.4 Å². The monoisotopic (exact) mass is 160 g/mol. The van der Waals surface area contributed by atoms with Gasteiger partial charge in [0.15, 0.2) is 0 Å². The largest absolute Gasteiger partial charge is 0.311 e. The van der Waals surface area contributed by atoms with Gasteiger partial charge in [0, 0.05) is 18.8 Å². The summed E-state index contributed by atoms with van der Waals surface area (Å²) < 4.78 is 0. The Kier molecular flexibility index (Phi) is 1.92. The Bertz CT molecular complexity index is 294. The topological polar surface area (TPSA) is 35.9 Å². The third-order valence-electron chi connectivity index (χ3n) is 2.31. The fraction of sp³-hybridized carbons (Fsp3) is 0.300. The molecule has 1 aromatic carbocycles. The summed E-state index contributed by atoms with van der Waals surface area (Å²) in [7, 11) is 0. The van der Waals surface area contributed by atoms with Crippen LogP contribution in [-0.2, 0) is 13.0 Å². The summed E-state index contributed by atoms with van der Waals surface area (Å²) >= 11 is 0. The zero-order valence-electron chi connectivity index (χ0n) is 6.88. The van der Waals surface area contributed by atoms with Gasteiger partial charge in [-0.2, -0.15) is 0 Å². The lowest BCUT2D eigenvalue weighted by Gasteiger charge is -2.22. The molecule has 12 heavy (non-hydrogen) atoms. The van der Waals surface area contributed by atoms with Crippen LogP contribution in [0, 0.1) is 5.41 Å². The van der Waals surface area contributed by atoms with Crippen molar-refractivity contribution in [1.82, 2.24) is 5.32 Å². The van der Waals surface area contributed by atoms with E-state index in [2.05, 4.69) is 29.6 Å². The van der Waals surface area contributed by atoms with Crippen molar-refractivity contribution in [2.45, 2.75) is 19.0 Å². The van der Waals surface area contributed by atoms with E-state index in [1.54, 1.807) is 0 Å². The standard InChI is InChI=1S/C10H12N2/c11-6-10-5-8-3-1-2-4-9(8)7-12-10/h1-4,6,10-12H,5,7H2. The van der Waals surface area contributed by atoms with E-state index in [0.717, 1.165) is 13.0 Å². The Labute approximate surface area is 72.1 Å². The third-order valence-corrected chi connectivity index (χ3v) is 2.31. The summed E-state index contributed by atoms with van der Waals surface area (Å²) in [6.45, 7) is 0.899. The fourth-order valence-corrected chi connectivity index (χ4v) is 1.60. The first-order valence-electron chi connectivity index (χ1n) is 4.21. The SMILES string of the molecule is N=CC1Cc2ccccc2CN1. The highest BCUT2D eigenvalue weighted by atomic mass is 14.9. The van der Waals surface area contributed by atoms with Crippen molar-refractivity contribution in [3.8, 4) is 0 Å². The maximum Gasteiger partial charge on any atom is 0.0461 e. The zero-order chi connectivity index (χ0) is 8.39. The van der Waals surface area contributed by atoms with Gasteiger partial charge in [-0.3, -0.25) is 0 Å². The van der Waals surface area contributed by atoms with Crippen LogP contribution < -0.4 is 5.32 Å². The van der Waals surface area contributed by atoms with Crippen LogP contribution in [0.25, 0.3) is 0 Å². The van der Waals surface area contributed by atoms with Crippen molar-refractivity contribution < 1.29 is 0 Å². The van der Waals surface area contributed by atoms with Gasteiger partial charge in [-0.15, -0.1) is 0 Å². The Morgan fingerprint density at radius 1 is 1.33 bits per heavy atom. The van der Waals surface area contributed by atoms with Gasteiger partial charge in [0.25, 0.3) is 0 Å². The molecule has 0 radical (unpaired) electrons. The summed E-state index contributed by atoms with van der Waals surface area (Å²) in [6, 6.07) is 8.64. The Morgan fingerprint density at radius 3 is 2.83 bits per heavy atom. The van der Waals surface area contributed by atoms with Crippen LogP contribution in [0.5, 0.6) is 0 Å². The van der Waals surface area contributed by atoms with E-state index in [0.29, 0.717) is 0 Å². The first-order valence-corrected chi connectivity index (χ1v) is 4.21. The maximum absolute atomic E-state index is 7.15. The Morgan fingerprint density at radius 2 is 2.08 bits per heavy atom. The summed E-state index contributed by atoms with van der Waals surface area (Å²) in [4.78, 5) is 0. The molecule has 1 unspecified atom stereocenters. The zero-order valence-corrected chi connectivity index (χ0v) is 6.88. The number of benzene rings is 1. The minimum Gasteiger partial charge on any atom is -0.311 e. The molecule has 2 N–H and O–H groups in total. The predicted molar refractivity (Wildman–Crippen MR) is 49.6 cm³/mol. The average Bonchev–Trinajstić information content (AvgIpc) is 2.17. The van der Waals surface area contributed by atoms with E-state index in [1.165, 1.54) is 17.3 Å². The van der Waals surface area contributed by atoms with Gasteiger partial charge in [0.1, 0.15) is 0 Å². The van der Waals surface area contributed by atoms with Gasteiger partial charge in [0.05, 0.1) is 0 Å². The molecule has 2 heteroatoms. The molecule has 62 valence electrons. The number of rotatable bonds is 1. The van der Waals surface area contributed by atoms with Crippen LogP contribution >= 0.6 is 0 Å². The lowest BCUT2D eigenvalue weighted by molar-refractivity contribution is 0.583. The smallest absolute Gasteiger partial charge is 0.0461 e. The first kappa shape index (κ1) is 7.50. The molecule has 0 saturated carbocycles. The van der Waals surface area contributed by atoms with E-state index in [1.807, 2.05) is 0 Å². The minimum atomic E-state index is 0.236. The lowest BCUT2D eigenvalue weighted by atomic mass is 9.97. The molecule has 1 aliphatic heterocycles. The van der Waals surface area contributed by atoms with E-state index in [4.69, 9.17) is 5.41 Å². The van der Waals surface area contributed by atoms with Crippen LogP contribution in [0.3, 0.4) is 0 Å². The van der Waals surface area contributed by atoms with Gasteiger partial charge >= 0.3 is 0 Å². The molecule has 1 aliphatic rings. The van der Waals surface area contributed by atoms with Gasteiger partial charge in [-0.1, -0.05) is 24.3 Å². The van der Waals surface area contributed by atoms with E-state index in [-0.39, 0.29) is 6.04 Å². The molecule has 1 aromatic rings. The van der Waals surface area contributed by atoms with Crippen molar-refractivity contribution in [2.75, 3.05) is 0 Å². The maximum atomic E-state index is 7.15. The third kappa shape index (κ3) is 1.25. The number of fused-ring (bicyclic) bond motifs is 1. The van der Waals surface area contributed by atoms with Crippen molar-refractivity contribution >= 4 is 6.21 Å². The fourth-order valence-electron chi connectivity index (χ4n) is 1.60. The summed E-state index contributed by atoms with van der Waals surface area (Å²) in [5, 5.41) is 10.4. The quantitative estimate of drug-likeness (QED) is 0.598. The molecule has 0 aliphatic carbocycles. The molecule has 2 rings (SSSR count). The molecule has 0 bridgehead atoms. The molecule has 0 saturated heterocycles. The molecule has 0 spiro atoms. The lowest BCUT2D eigenvalue weighted by Crippen LogP contribution is -2.36. The number of nitrogens with one attached hydrogen (secondary N) is 2. The second kappa shape index (κ2) is 3.07. The van der Waals surface area contributed by atoms with E-state index >= 15 is 0 Å². The van der Waals surface area contributed by atoms with Crippen LogP contribution in [0.2, 0.25) is 0 Å². The highest BCUT2D eigenvalue weighted by Gasteiger charge is 2.14. The second-order valence-corrected chi connectivity index (χ2v) is 3.13. The molecule has 2 nitrogen and oxygen atoms in total. The molecule has 0 amide bonds. The summed E-state index contributed by atoms with van der Waals surface area (Å²) in [5.74, 6) is 0. The van der Waals surface area contributed by atoms with Gasteiger partial charge in [-0.25, -0.2) is 0 Å². The summed E-state index contributed by atoms with van der Waals surface area (Å²) in [5.41, 5.74) is 2.75. The van der Waals surface area contributed by atoms with E-state index < -0.39 is 0 Å². The van der Waals surface area contributed by atoms with Crippen LogP contribution in [-0.4, -0.2) is 12.3 Å². The molecule has 0 aromatic heterocycles. The van der Waals surface area contributed by atoms with E-state index in [9.17, 15) is 0 Å². The normalized spacial score (nSPS) is 21.5. The second-order valence-electron chi connectivity index (χ2n) is 3.13. The molecule has 0 fully saturated rings. The van der Waals surface area contributed by atoms with Crippen LogP contribution in [0.15, 0.2) is 24.3 Å². The number of hydrogen-bond donors (Lipinski definition) is 2.